The molecule has 0 aliphatic rings. The minimum absolute atomic E-state index is 0.179. The highest BCUT2D eigenvalue weighted by molar-refractivity contribution is 6.29. The van der Waals surface area contributed by atoms with Crippen LogP contribution in [0.4, 0.5) is 0 Å². The van der Waals surface area contributed by atoms with Gasteiger partial charge in [0.25, 0.3) is 5.78 Å². The van der Waals surface area contributed by atoms with E-state index in [1.807, 2.05) is 0 Å². The van der Waals surface area contributed by atoms with E-state index in [2.05, 4.69) is 15.1 Å². The molecule has 78 valence electrons. The summed E-state index contributed by atoms with van der Waals surface area (Å²) in [5.41, 5.74) is 0.212. The van der Waals surface area contributed by atoms with Crippen molar-refractivity contribution in [3.8, 4) is 0 Å². The van der Waals surface area contributed by atoms with Crippen LogP contribution in [0.25, 0.3) is 5.78 Å². The largest absolute Gasteiger partial charge is 0.461 e. The Bertz CT molecular complexity index is 510. The minimum atomic E-state index is -0.502. The molecule has 0 saturated carbocycles. The Balaban J connectivity index is 2.57. The van der Waals surface area contributed by atoms with E-state index in [1.54, 1.807) is 6.92 Å². The molecule has 0 atom stereocenters. The van der Waals surface area contributed by atoms with Crippen LogP contribution in [0.2, 0.25) is 5.15 Å². The van der Waals surface area contributed by atoms with Crippen LogP contribution in [0.1, 0.15) is 17.4 Å². The number of carbonyl (C=O) groups excluding carboxylic acids is 1. The molecule has 0 saturated heterocycles. The van der Waals surface area contributed by atoms with Crippen LogP contribution in [0.3, 0.4) is 0 Å². The summed E-state index contributed by atoms with van der Waals surface area (Å²) in [6.45, 7) is 2.01. The molecule has 0 aromatic carbocycles. The van der Waals surface area contributed by atoms with Crippen LogP contribution in [0.15, 0.2) is 12.4 Å². The van der Waals surface area contributed by atoms with Crippen LogP contribution < -0.4 is 0 Å². The fourth-order valence-electron chi connectivity index (χ4n) is 1.13. The summed E-state index contributed by atoms with van der Waals surface area (Å²) in [5, 5.41) is 4.03. The molecule has 0 fully saturated rings. The van der Waals surface area contributed by atoms with Crippen LogP contribution in [-0.4, -0.2) is 32.2 Å². The van der Waals surface area contributed by atoms with Gasteiger partial charge in [-0.3, -0.25) is 0 Å². The molecule has 2 aromatic rings. The number of hydrogen-bond donors (Lipinski definition) is 0. The monoisotopic (exact) mass is 226 g/mol. The maximum Gasteiger partial charge on any atom is 0.357 e. The number of ether oxygens (including phenoxy) is 1. The number of nitrogens with zero attached hydrogens (tertiary/aromatic N) is 4. The van der Waals surface area contributed by atoms with Gasteiger partial charge in [0, 0.05) is 6.07 Å². The van der Waals surface area contributed by atoms with Gasteiger partial charge in [0.05, 0.1) is 6.61 Å². The highest BCUT2D eigenvalue weighted by Crippen LogP contribution is 2.10. The summed E-state index contributed by atoms with van der Waals surface area (Å²) in [7, 11) is 0. The van der Waals surface area contributed by atoms with Crippen LogP contribution in [-0.2, 0) is 4.74 Å². The second-order valence-corrected chi connectivity index (χ2v) is 3.04. The highest BCUT2D eigenvalue weighted by atomic mass is 35.5. The van der Waals surface area contributed by atoms with E-state index in [4.69, 9.17) is 16.3 Å². The molecule has 0 spiro atoms. The zero-order chi connectivity index (χ0) is 10.8. The Hall–Kier alpha value is -1.69. The summed E-state index contributed by atoms with van der Waals surface area (Å²) in [6.07, 6.45) is 1.29. The Labute approximate surface area is 89.9 Å². The quantitative estimate of drug-likeness (QED) is 0.563. The second-order valence-electron chi connectivity index (χ2n) is 2.66. The normalized spacial score (nSPS) is 10.5. The van der Waals surface area contributed by atoms with Crippen molar-refractivity contribution < 1.29 is 9.53 Å². The van der Waals surface area contributed by atoms with Gasteiger partial charge in [0.15, 0.2) is 5.69 Å². The van der Waals surface area contributed by atoms with Crippen molar-refractivity contribution in [2.45, 2.75) is 6.92 Å². The predicted octanol–water partition coefficient (Wildman–Crippen LogP) is 0.954. The number of halogens is 1. The van der Waals surface area contributed by atoms with E-state index < -0.39 is 5.97 Å². The number of rotatable bonds is 2. The maximum absolute atomic E-state index is 11.5. The molecular weight excluding hydrogens is 220 g/mol. The van der Waals surface area contributed by atoms with Crippen molar-refractivity contribution in [1.29, 1.82) is 0 Å². The first-order chi connectivity index (χ1) is 7.22. The molecule has 0 N–H and O–H groups in total. The van der Waals surface area contributed by atoms with Gasteiger partial charge in [-0.1, -0.05) is 11.6 Å². The standard InChI is InChI=1S/C8H7ClN4O2/c1-2-15-7(14)5-3-6(9)12-8-10-4-11-13(5)8/h3-4H,2H2,1H3. The molecule has 6 nitrogen and oxygen atoms in total. The molecule has 0 radical (unpaired) electrons. The predicted molar refractivity (Wildman–Crippen MR) is 51.7 cm³/mol. The van der Waals surface area contributed by atoms with Crippen molar-refractivity contribution in [2.75, 3.05) is 6.61 Å². The Kier molecular flexibility index (Phi) is 2.51. The molecule has 2 rings (SSSR count). The van der Waals surface area contributed by atoms with Gasteiger partial charge in [0.1, 0.15) is 11.5 Å². The lowest BCUT2D eigenvalue weighted by Gasteiger charge is -2.03. The fraction of sp³-hybridized carbons (Fsp3) is 0.250. The number of aromatic nitrogens is 4. The maximum atomic E-state index is 11.5. The van der Waals surface area contributed by atoms with E-state index in [1.165, 1.54) is 16.9 Å². The smallest absolute Gasteiger partial charge is 0.357 e. The number of carbonyl (C=O) groups is 1. The average molecular weight is 227 g/mol. The van der Waals surface area contributed by atoms with E-state index in [0.29, 0.717) is 0 Å². The second kappa shape index (κ2) is 3.82. The van der Waals surface area contributed by atoms with Crippen molar-refractivity contribution in [3.63, 3.8) is 0 Å². The van der Waals surface area contributed by atoms with Crippen molar-refractivity contribution in [3.05, 3.63) is 23.2 Å². The molecule has 2 aromatic heterocycles. The van der Waals surface area contributed by atoms with Crippen molar-refractivity contribution >= 4 is 23.3 Å². The first kappa shape index (κ1) is 9.85. The summed E-state index contributed by atoms with van der Waals surface area (Å²) < 4.78 is 6.13. The number of esters is 1. The highest BCUT2D eigenvalue weighted by Gasteiger charge is 2.14. The molecular formula is C8H7ClN4O2. The van der Waals surface area contributed by atoms with E-state index in [-0.39, 0.29) is 23.2 Å². The lowest BCUT2D eigenvalue weighted by Crippen LogP contribution is -2.11. The van der Waals surface area contributed by atoms with Gasteiger partial charge in [-0.2, -0.15) is 19.6 Å². The molecule has 7 heteroatoms. The zero-order valence-electron chi connectivity index (χ0n) is 7.85. The third kappa shape index (κ3) is 1.75. The van der Waals surface area contributed by atoms with Gasteiger partial charge >= 0.3 is 5.97 Å². The summed E-state index contributed by atoms with van der Waals surface area (Å²) in [5.74, 6) is -0.233. The van der Waals surface area contributed by atoms with Crippen molar-refractivity contribution in [2.24, 2.45) is 0 Å². The molecule has 15 heavy (non-hydrogen) atoms. The van der Waals surface area contributed by atoms with E-state index >= 15 is 0 Å². The molecule has 0 unspecified atom stereocenters. The average Bonchev–Trinajstić information content (AvgIpc) is 2.64. The summed E-state index contributed by atoms with van der Waals surface area (Å²) in [4.78, 5) is 19.2. The summed E-state index contributed by atoms with van der Waals surface area (Å²) >= 11 is 5.72. The van der Waals surface area contributed by atoms with E-state index in [9.17, 15) is 4.79 Å². The number of hydrogen-bond acceptors (Lipinski definition) is 5. The summed E-state index contributed by atoms with van der Waals surface area (Å²) in [6, 6.07) is 1.39. The molecule has 2 heterocycles. The first-order valence-corrected chi connectivity index (χ1v) is 4.63. The van der Waals surface area contributed by atoms with Gasteiger partial charge in [0.2, 0.25) is 0 Å². The van der Waals surface area contributed by atoms with Gasteiger partial charge < -0.3 is 4.74 Å². The van der Waals surface area contributed by atoms with Gasteiger partial charge in [-0.25, -0.2) is 4.79 Å². The van der Waals surface area contributed by atoms with Gasteiger partial charge in [-0.15, -0.1) is 0 Å². The SMILES string of the molecule is CCOC(=O)c1cc(Cl)nc2ncnn12. The molecule has 0 amide bonds. The van der Waals surface area contributed by atoms with Crippen molar-refractivity contribution in [1.82, 2.24) is 19.6 Å². The van der Waals surface area contributed by atoms with Crippen LogP contribution >= 0.6 is 11.6 Å². The molecule has 0 aliphatic heterocycles. The third-order valence-electron chi connectivity index (χ3n) is 1.71. The van der Waals surface area contributed by atoms with E-state index in [0.717, 1.165) is 0 Å². The number of fused-ring (bicyclic) bond motifs is 1. The topological polar surface area (TPSA) is 69.4 Å². The Morgan fingerprint density at radius 2 is 2.47 bits per heavy atom. The Morgan fingerprint density at radius 1 is 1.67 bits per heavy atom. The third-order valence-corrected chi connectivity index (χ3v) is 1.90. The molecule has 0 aliphatic carbocycles. The lowest BCUT2D eigenvalue weighted by atomic mass is 10.4. The Morgan fingerprint density at radius 3 is 3.20 bits per heavy atom. The lowest BCUT2D eigenvalue weighted by molar-refractivity contribution is 0.0516. The van der Waals surface area contributed by atoms with Gasteiger partial charge in [-0.05, 0) is 6.92 Å². The van der Waals surface area contributed by atoms with Crippen LogP contribution in [0.5, 0.6) is 0 Å². The fourth-order valence-corrected chi connectivity index (χ4v) is 1.31. The van der Waals surface area contributed by atoms with Crippen LogP contribution in [0, 0.1) is 0 Å². The minimum Gasteiger partial charge on any atom is -0.461 e. The first-order valence-electron chi connectivity index (χ1n) is 4.25. The zero-order valence-corrected chi connectivity index (χ0v) is 8.60. The molecule has 0 bridgehead atoms.